The zero-order valence-corrected chi connectivity index (χ0v) is 14.1. The molecule has 3 heterocycles. The van der Waals surface area contributed by atoms with Crippen molar-refractivity contribution in [1.82, 2.24) is 20.1 Å². The number of rotatable bonds is 6. The molecule has 0 fully saturated rings. The number of hydrogen-bond acceptors (Lipinski definition) is 4. The van der Waals surface area contributed by atoms with Gasteiger partial charge in [0.25, 0.3) is 0 Å². The third kappa shape index (κ3) is 3.46. The van der Waals surface area contributed by atoms with Crippen molar-refractivity contribution in [1.29, 1.82) is 0 Å². The van der Waals surface area contributed by atoms with Gasteiger partial charge in [0.2, 0.25) is 0 Å². The molecule has 0 radical (unpaired) electrons. The molecule has 0 amide bonds. The lowest BCUT2D eigenvalue weighted by Gasteiger charge is -2.04. The SMILES string of the molecule is Cn1cc(CNCCc2ccccn2)c(-c2cc3ccccc3o2)n1. The normalized spacial score (nSPS) is 11.2. The van der Waals surface area contributed by atoms with Gasteiger partial charge in [-0.25, -0.2) is 0 Å². The predicted molar refractivity (Wildman–Crippen MR) is 98.1 cm³/mol. The fourth-order valence-electron chi connectivity index (χ4n) is 2.96. The monoisotopic (exact) mass is 332 g/mol. The number of pyridine rings is 1. The zero-order chi connectivity index (χ0) is 17.1. The van der Waals surface area contributed by atoms with E-state index in [4.69, 9.17) is 4.42 Å². The van der Waals surface area contributed by atoms with Crippen molar-refractivity contribution in [2.24, 2.45) is 7.05 Å². The first-order valence-corrected chi connectivity index (χ1v) is 8.42. The number of furan rings is 1. The maximum atomic E-state index is 5.97. The first kappa shape index (κ1) is 15.6. The maximum Gasteiger partial charge on any atom is 0.156 e. The number of nitrogens with zero attached hydrogens (tertiary/aromatic N) is 3. The number of para-hydroxylation sites is 1. The third-order valence-corrected chi connectivity index (χ3v) is 4.16. The molecule has 0 saturated carbocycles. The summed E-state index contributed by atoms with van der Waals surface area (Å²) in [5.74, 6) is 0.809. The van der Waals surface area contributed by atoms with Crippen LogP contribution >= 0.6 is 0 Å². The van der Waals surface area contributed by atoms with Crippen LogP contribution in [0.1, 0.15) is 11.3 Å². The predicted octanol–water partition coefficient (Wildman–Crippen LogP) is 3.56. The van der Waals surface area contributed by atoms with Gasteiger partial charge in [-0.3, -0.25) is 9.67 Å². The van der Waals surface area contributed by atoms with E-state index in [-0.39, 0.29) is 0 Å². The van der Waals surface area contributed by atoms with Crippen molar-refractivity contribution >= 4 is 11.0 Å². The van der Waals surface area contributed by atoms with Gasteiger partial charge in [-0.1, -0.05) is 24.3 Å². The molecule has 4 rings (SSSR count). The van der Waals surface area contributed by atoms with Gasteiger partial charge < -0.3 is 9.73 Å². The maximum absolute atomic E-state index is 5.97. The van der Waals surface area contributed by atoms with Crippen molar-refractivity contribution < 1.29 is 4.42 Å². The fraction of sp³-hybridized carbons (Fsp3) is 0.200. The molecule has 25 heavy (non-hydrogen) atoms. The number of benzene rings is 1. The largest absolute Gasteiger partial charge is 0.454 e. The quantitative estimate of drug-likeness (QED) is 0.549. The molecule has 0 bridgehead atoms. The van der Waals surface area contributed by atoms with E-state index >= 15 is 0 Å². The van der Waals surface area contributed by atoms with E-state index in [1.807, 2.05) is 60.5 Å². The first-order chi connectivity index (χ1) is 12.3. The van der Waals surface area contributed by atoms with Crippen LogP contribution < -0.4 is 5.32 Å². The summed E-state index contributed by atoms with van der Waals surface area (Å²) >= 11 is 0. The minimum atomic E-state index is 0.743. The number of hydrogen-bond donors (Lipinski definition) is 1. The van der Waals surface area contributed by atoms with Gasteiger partial charge in [0.05, 0.1) is 0 Å². The average Bonchev–Trinajstić information content (AvgIpc) is 3.22. The summed E-state index contributed by atoms with van der Waals surface area (Å²) in [5.41, 5.74) is 4.00. The molecule has 3 aromatic heterocycles. The highest BCUT2D eigenvalue weighted by Crippen LogP contribution is 2.28. The summed E-state index contributed by atoms with van der Waals surface area (Å²) in [7, 11) is 1.93. The van der Waals surface area contributed by atoms with Crippen LogP contribution in [0.2, 0.25) is 0 Å². The minimum Gasteiger partial charge on any atom is -0.454 e. The smallest absolute Gasteiger partial charge is 0.156 e. The van der Waals surface area contributed by atoms with Gasteiger partial charge in [-0.2, -0.15) is 5.10 Å². The van der Waals surface area contributed by atoms with Crippen LogP contribution in [0.15, 0.2) is 65.3 Å². The Balaban J connectivity index is 1.47. The van der Waals surface area contributed by atoms with Gasteiger partial charge in [0.15, 0.2) is 5.76 Å². The van der Waals surface area contributed by atoms with Crippen LogP contribution in [0.3, 0.4) is 0 Å². The van der Waals surface area contributed by atoms with Crippen molar-refractivity contribution in [3.63, 3.8) is 0 Å². The molecule has 0 aliphatic heterocycles. The van der Waals surface area contributed by atoms with E-state index in [1.54, 1.807) is 0 Å². The molecule has 1 aromatic carbocycles. The summed E-state index contributed by atoms with van der Waals surface area (Å²) < 4.78 is 7.80. The molecule has 126 valence electrons. The number of aromatic nitrogens is 3. The van der Waals surface area contributed by atoms with Gasteiger partial charge >= 0.3 is 0 Å². The Kier molecular flexibility index (Phi) is 4.31. The molecule has 0 aliphatic rings. The molecule has 5 nitrogen and oxygen atoms in total. The van der Waals surface area contributed by atoms with Crippen molar-refractivity contribution in [2.45, 2.75) is 13.0 Å². The van der Waals surface area contributed by atoms with E-state index in [9.17, 15) is 0 Å². The molecule has 4 aromatic rings. The van der Waals surface area contributed by atoms with E-state index in [0.29, 0.717) is 0 Å². The second-order valence-corrected chi connectivity index (χ2v) is 6.07. The summed E-state index contributed by atoms with van der Waals surface area (Å²) in [6.45, 7) is 1.61. The zero-order valence-electron chi connectivity index (χ0n) is 14.1. The Morgan fingerprint density at radius 2 is 2.00 bits per heavy atom. The highest BCUT2D eigenvalue weighted by atomic mass is 16.3. The summed E-state index contributed by atoms with van der Waals surface area (Å²) in [6.07, 6.45) is 4.77. The summed E-state index contributed by atoms with van der Waals surface area (Å²) in [5, 5.41) is 9.15. The molecule has 1 N–H and O–H groups in total. The topological polar surface area (TPSA) is 55.9 Å². The highest BCUT2D eigenvalue weighted by Gasteiger charge is 2.14. The Labute approximate surface area is 146 Å². The number of fused-ring (bicyclic) bond motifs is 1. The molecule has 0 atom stereocenters. The Bertz CT molecular complexity index is 939. The van der Waals surface area contributed by atoms with Gasteiger partial charge in [-0.05, 0) is 24.3 Å². The Hall–Kier alpha value is -2.92. The number of aryl methyl sites for hydroxylation is 1. The standard InChI is InChI=1S/C20H20N4O/c1-24-14-16(13-21-11-9-17-7-4-5-10-22-17)20(23-24)19-12-15-6-2-3-8-18(15)25-19/h2-8,10,12,14,21H,9,11,13H2,1H3. The highest BCUT2D eigenvalue weighted by molar-refractivity contribution is 5.82. The molecule has 5 heteroatoms. The van der Waals surface area contributed by atoms with Crippen LogP contribution in [-0.4, -0.2) is 21.3 Å². The van der Waals surface area contributed by atoms with E-state index in [2.05, 4.69) is 27.5 Å². The van der Waals surface area contributed by atoms with Crippen LogP contribution in [0.4, 0.5) is 0 Å². The molecule has 0 unspecified atom stereocenters. The average molecular weight is 332 g/mol. The van der Waals surface area contributed by atoms with E-state index < -0.39 is 0 Å². The third-order valence-electron chi connectivity index (χ3n) is 4.16. The van der Waals surface area contributed by atoms with Crippen LogP contribution in [-0.2, 0) is 20.0 Å². The second-order valence-electron chi connectivity index (χ2n) is 6.07. The van der Waals surface area contributed by atoms with Crippen LogP contribution in [0.5, 0.6) is 0 Å². The van der Waals surface area contributed by atoms with E-state index in [1.165, 1.54) is 0 Å². The van der Waals surface area contributed by atoms with Gasteiger partial charge in [0.1, 0.15) is 11.3 Å². The lowest BCUT2D eigenvalue weighted by Crippen LogP contribution is -2.17. The van der Waals surface area contributed by atoms with Crippen LogP contribution in [0, 0.1) is 0 Å². The molecular formula is C20H20N4O. The summed E-state index contributed by atoms with van der Waals surface area (Å²) in [6, 6.07) is 16.1. The summed E-state index contributed by atoms with van der Waals surface area (Å²) in [4.78, 5) is 4.35. The first-order valence-electron chi connectivity index (χ1n) is 8.42. The molecule has 0 spiro atoms. The molecular weight excluding hydrogens is 312 g/mol. The van der Waals surface area contributed by atoms with Crippen LogP contribution in [0.25, 0.3) is 22.4 Å². The minimum absolute atomic E-state index is 0.743. The van der Waals surface area contributed by atoms with Gasteiger partial charge in [0, 0.05) is 55.6 Å². The van der Waals surface area contributed by atoms with Crippen molar-refractivity contribution in [2.75, 3.05) is 6.54 Å². The number of nitrogens with one attached hydrogen (secondary N) is 1. The Morgan fingerprint density at radius 3 is 2.84 bits per heavy atom. The lowest BCUT2D eigenvalue weighted by molar-refractivity contribution is 0.622. The fourth-order valence-corrected chi connectivity index (χ4v) is 2.96. The van der Waals surface area contributed by atoms with E-state index in [0.717, 1.165) is 53.2 Å². The van der Waals surface area contributed by atoms with Gasteiger partial charge in [-0.15, -0.1) is 0 Å². The van der Waals surface area contributed by atoms with Crippen molar-refractivity contribution in [3.05, 3.63) is 72.2 Å². The second kappa shape index (κ2) is 6.91. The molecule has 0 saturated heterocycles. The van der Waals surface area contributed by atoms with Crippen molar-refractivity contribution in [3.8, 4) is 11.5 Å². The lowest BCUT2D eigenvalue weighted by atomic mass is 10.2. The Morgan fingerprint density at radius 1 is 1.12 bits per heavy atom. The molecule has 0 aliphatic carbocycles.